The number of nitrogens with zero attached hydrogens (tertiary/aromatic N) is 3. The maximum atomic E-state index is 12.4. The number of aromatic nitrogens is 3. The van der Waals surface area contributed by atoms with Crippen LogP contribution < -0.4 is 10.1 Å². The summed E-state index contributed by atoms with van der Waals surface area (Å²) in [7, 11) is 0. The Labute approximate surface area is 212 Å². The number of benzene rings is 2. The molecule has 176 valence electrons. The fraction of sp³-hybridized carbons (Fsp3) is 0.375. The van der Waals surface area contributed by atoms with Gasteiger partial charge in [0.15, 0.2) is 17.1 Å². The average molecular weight is 552 g/mol. The van der Waals surface area contributed by atoms with Gasteiger partial charge in [0.25, 0.3) is 0 Å². The van der Waals surface area contributed by atoms with Gasteiger partial charge in [-0.2, -0.15) is 0 Å². The number of amides is 1. The van der Waals surface area contributed by atoms with E-state index in [0.29, 0.717) is 22.4 Å². The van der Waals surface area contributed by atoms with E-state index >= 15 is 0 Å². The molecule has 0 saturated carbocycles. The molecule has 1 aromatic heterocycles. The normalized spacial score (nSPS) is 12.5. The predicted molar refractivity (Wildman–Crippen MR) is 138 cm³/mol. The molecule has 0 bridgehead atoms. The minimum atomic E-state index is -0.289. The average Bonchev–Trinajstić information content (AvgIpc) is 3.17. The third kappa shape index (κ3) is 6.74. The second-order valence-corrected chi connectivity index (χ2v) is 10.8. The summed E-state index contributed by atoms with van der Waals surface area (Å²) < 4.78 is 8.94. The zero-order chi connectivity index (χ0) is 24.2. The van der Waals surface area contributed by atoms with Gasteiger partial charge in [-0.25, -0.2) is 0 Å². The first-order valence-electron chi connectivity index (χ1n) is 10.7. The van der Waals surface area contributed by atoms with Crippen molar-refractivity contribution in [2.45, 2.75) is 57.8 Å². The van der Waals surface area contributed by atoms with E-state index in [1.165, 1.54) is 17.3 Å². The molecule has 3 rings (SSSR count). The number of rotatable bonds is 8. The molecule has 33 heavy (non-hydrogen) atoms. The fourth-order valence-corrected chi connectivity index (χ4v) is 4.73. The van der Waals surface area contributed by atoms with Crippen LogP contribution in [-0.2, 0) is 16.8 Å². The molecule has 2 aromatic carbocycles. The first-order chi connectivity index (χ1) is 15.6. The van der Waals surface area contributed by atoms with Gasteiger partial charge in [-0.3, -0.25) is 4.79 Å². The summed E-state index contributed by atoms with van der Waals surface area (Å²) >= 11 is 10.9. The molecule has 0 spiro atoms. The molecule has 3 aromatic rings. The number of thioether (sulfide) groups is 1. The van der Waals surface area contributed by atoms with E-state index in [-0.39, 0.29) is 23.2 Å². The van der Waals surface area contributed by atoms with Crippen LogP contribution in [0.2, 0.25) is 5.02 Å². The van der Waals surface area contributed by atoms with E-state index < -0.39 is 0 Å². The molecule has 0 fully saturated rings. The van der Waals surface area contributed by atoms with E-state index in [0.717, 1.165) is 16.0 Å². The van der Waals surface area contributed by atoms with Crippen LogP contribution in [0.15, 0.2) is 52.1 Å². The molecule has 1 heterocycles. The topological polar surface area (TPSA) is 69.0 Å². The van der Waals surface area contributed by atoms with Crippen LogP contribution >= 0.6 is 39.3 Å². The van der Waals surface area contributed by atoms with Crippen molar-refractivity contribution in [1.82, 2.24) is 14.8 Å². The zero-order valence-corrected chi connectivity index (χ0v) is 22.5. The molecule has 0 aliphatic rings. The number of anilines is 1. The third-order valence-corrected chi connectivity index (χ3v) is 6.77. The van der Waals surface area contributed by atoms with Gasteiger partial charge in [-0.05, 0) is 55.2 Å². The second-order valence-electron chi connectivity index (χ2n) is 8.58. The molecule has 0 radical (unpaired) electrons. The molecular weight excluding hydrogens is 524 g/mol. The van der Waals surface area contributed by atoms with Crippen LogP contribution in [-0.4, -0.2) is 26.4 Å². The summed E-state index contributed by atoms with van der Waals surface area (Å²) in [5, 5.41) is 12.6. The zero-order valence-electron chi connectivity index (χ0n) is 19.4. The van der Waals surface area contributed by atoms with Crippen LogP contribution in [0.4, 0.5) is 5.69 Å². The van der Waals surface area contributed by atoms with Crippen LogP contribution in [0.1, 0.15) is 52.1 Å². The highest BCUT2D eigenvalue weighted by molar-refractivity contribution is 9.10. The summed E-state index contributed by atoms with van der Waals surface area (Å²) in [6.45, 7) is 11.2. The molecule has 9 heteroatoms. The molecule has 1 atom stereocenters. The molecule has 1 unspecified atom stereocenters. The molecule has 0 aliphatic heterocycles. The molecule has 6 nitrogen and oxygen atoms in total. The fourth-order valence-electron chi connectivity index (χ4n) is 3.20. The predicted octanol–water partition coefficient (Wildman–Crippen LogP) is 6.88. The number of hydrogen-bond donors (Lipinski definition) is 1. The Morgan fingerprint density at radius 2 is 1.91 bits per heavy atom. The number of carbonyl (C=O) groups excluding carboxylic acids is 1. The van der Waals surface area contributed by atoms with E-state index in [1.54, 1.807) is 12.1 Å². The SMILES string of the molecule is CCn1c(SCC(=O)Nc2ccc(Br)cc2Cl)nnc1C(C)Oc1ccc(C(C)(C)C)cc1. The first-order valence-corrected chi connectivity index (χ1v) is 12.8. The van der Waals surface area contributed by atoms with Gasteiger partial charge < -0.3 is 14.6 Å². The molecule has 0 saturated heterocycles. The lowest BCUT2D eigenvalue weighted by Crippen LogP contribution is -2.15. The Morgan fingerprint density at radius 3 is 2.52 bits per heavy atom. The van der Waals surface area contributed by atoms with Gasteiger partial charge in [-0.15, -0.1) is 10.2 Å². The maximum absolute atomic E-state index is 12.4. The summed E-state index contributed by atoms with van der Waals surface area (Å²) in [4.78, 5) is 12.4. The number of ether oxygens (including phenoxy) is 1. The molecular formula is C24H28BrClN4O2S. The smallest absolute Gasteiger partial charge is 0.234 e. The largest absolute Gasteiger partial charge is 0.483 e. The van der Waals surface area contributed by atoms with Crippen molar-refractivity contribution in [1.29, 1.82) is 0 Å². The summed E-state index contributed by atoms with van der Waals surface area (Å²) in [6, 6.07) is 13.5. The maximum Gasteiger partial charge on any atom is 0.234 e. The number of nitrogens with one attached hydrogen (secondary N) is 1. The Hall–Kier alpha value is -2.03. The van der Waals surface area contributed by atoms with Crippen LogP contribution in [0.25, 0.3) is 0 Å². The lowest BCUT2D eigenvalue weighted by Gasteiger charge is -2.20. The Balaban J connectivity index is 1.63. The highest BCUT2D eigenvalue weighted by Gasteiger charge is 2.20. The third-order valence-electron chi connectivity index (χ3n) is 5.00. The Kier molecular flexibility index (Phi) is 8.48. The van der Waals surface area contributed by atoms with E-state index in [4.69, 9.17) is 16.3 Å². The van der Waals surface area contributed by atoms with E-state index in [9.17, 15) is 4.79 Å². The number of hydrogen-bond acceptors (Lipinski definition) is 5. The van der Waals surface area contributed by atoms with Crippen molar-refractivity contribution in [2.24, 2.45) is 0 Å². The van der Waals surface area contributed by atoms with Crippen molar-refractivity contribution in [3.05, 3.63) is 63.3 Å². The quantitative estimate of drug-likeness (QED) is 0.309. The van der Waals surface area contributed by atoms with Crippen LogP contribution in [0, 0.1) is 0 Å². The molecule has 1 N–H and O–H groups in total. The van der Waals surface area contributed by atoms with Crippen molar-refractivity contribution < 1.29 is 9.53 Å². The lowest BCUT2D eigenvalue weighted by molar-refractivity contribution is -0.113. The van der Waals surface area contributed by atoms with Gasteiger partial charge in [0.1, 0.15) is 5.75 Å². The monoisotopic (exact) mass is 550 g/mol. The van der Waals surface area contributed by atoms with E-state index in [2.05, 4.69) is 64.3 Å². The Bertz CT molecular complexity index is 1110. The van der Waals surface area contributed by atoms with Gasteiger partial charge in [0.2, 0.25) is 5.91 Å². The van der Waals surface area contributed by atoms with Gasteiger partial charge >= 0.3 is 0 Å². The van der Waals surface area contributed by atoms with Crippen molar-refractivity contribution in [2.75, 3.05) is 11.1 Å². The standard InChI is InChI=1S/C24H28BrClN4O2S/c1-6-30-22(15(2)32-18-10-7-16(8-11-18)24(3,4)5)28-29-23(30)33-14-21(31)27-20-12-9-17(25)13-19(20)26/h7-13,15H,6,14H2,1-5H3,(H,27,31). The minimum Gasteiger partial charge on any atom is -0.483 e. The highest BCUT2D eigenvalue weighted by atomic mass is 79.9. The lowest BCUT2D eigenvalue weighted by atomic mass is 9.87. The summed E-state index contributed by atoms with van der Waals surface area (Å²) in [5.41, 5.74) is 1.91. The number of carbonyl (C=O) groups is 1. The van der Waals surface area contributed by atoms with Crippen molar-refractivity contribution in [3.63, 3.8) is 0 Å². The van der Waals surface area contributed by atoms with Crippen LogP contribution in [0.5, 0.6) is 5.75 Å². The van der Waals surface area contributed by atoms with Gasteiger partial charge in [0, 0.05) is 11.0 Å². The van der Waals surface area contributed by atoms with E-state index in [1.807, 2.05) is 36.6 Å². The molecule has 0 aliphatic carbocycles. The second kappa shape index (κ2) is 10.9. The summed E-state index contributed by atoms with van der Waals surface area (Å²) in [6.07, 6.45) is -0.289. The van der Waals surface area contributed by atoms with Gasteiger partial charge in [0.05, 0.1) is 16.5 Å². The van der Waals surface area contributed by atoms with Gasteiger partial charge in [-0.1, -0.05) is 72.2 Å². The Morgan fingerprint density at radius 1 is 1.21 bits per heavy atom. The van der Waals surface area contributed by atoms with Crippen molar-refractivity contribution in [3.8, 4) is 5.75 Å². The summed E-state index contributed by atoms with van der Waals surface area (Å²) in [5.74, 6) is 1.52. The molecule has 1 amide bonds. The number of halogens is 2. The first kappa shape index (κ1) is 25.6. The minimum absolute atomic E-state index is 0.0909. The van der Waals surface area contributed by atoms with Crippen LogP contribution in [0.3, 0.4) is 0 Å². The van der Waals surface area contributed by atoms with Crippen molar-refractivity contribution >= 4 is 50.9 Å². The highest BCUT2D eigenvalue weighted by Crippen LogP contribution is 2.29.